The summed E-state index contributed by atoms with van der Waals surface area (Å²) in [6, 6.07) is -0.425. The van der Waals surface area contributed by atoms with Gasteiger partial charge >= 0.3 is 0 Å². The SMILES string of the molecule is CC(C)[C@H](N)C(=O)N1CC[C@]2(CC(=O)N2)C1. The van der Waals surface area contributed by atoms with Gasteiger partial charge in [0.25, 0.3) is 0 Å². The molecule has 0 aliphatic carbocycles. The first-order valence-electron chi connectivity index (χ1n) is 5.79. The molecule has 5 heteroatoms. The molecule has 1 spiro atoms. The molecule has 0 bridgehead atoms. The summed E-state index contributed by atoms with van der Waals surface area (Å²) >= 11 is 0. The number of hydrogen-bond donors (Lipinski definition) is 2. The Morgan fingerprint density at radius 3 is 2.69 bits per heavy atom. The molecule has 0 radical (unpaired) electrons. The Kier molecular flexibility index (Phi) is 2.66. The highest BCUT2D eigenvalue weighted by Crippen LogP contribution is 2.31. The van der Waals surface area contributed by atoms with Gasteiger partial charge in [-0.1, -0.05) is 13.8 Å². The lowest BCUT2D eigenvalue weighted by Gasteiger charge is -2.38. The summed E-state index contributed by atoms with van der Waals surface area (Å²) in [5.41, 5.74) is 5.70. The van der Waals surface area contributed by atoms with Gasteiger partial charge in [0.15, 0.2) is 0 Å². The summed E-state index contributed by atoms with van der Waals surface area (Å²) in [5.74, 6) is 0.246. The van der Waals surface area contributed by atoms with Crippen molar-refractivity contribution in [2.24, 2.45) is 11.7 Å². The average Bonchev–Trinajstić information content (AvgIpc) is 2.60. The fourth-order valence-corrected chi connectivity index (χ4v) is 2.39. The number of carbonyl (C=O) groups is 2. The van der Waals surface area contributed by atoms with Gasteiger partial charge < -0.3 is 16.0 Å². The zero-order chi connectivity index (χ0) is 11.9. The van der Waals surface area contributed by atoms with E-state index in [1.807, 2.05) is 13.8 Å². The maximum atomic E-state index is 12.0. The van der Waals surface area contributed by atoms with Gasteiger partial charge in [-0.3, -0.25) is 9.59 Å². The second-order valence-corrected chi connectivity index (χ2v) is 5.28. The molecule has 0 saturated carbocycles. The standard InChI is InChI=1S/C11H19N3O2/c1-7(2)9(12)10(16)14-4-3-11(6-14)5-8(15)13-11/h7,9H,3-6,12H2,1-2H3,(H,13,15)/t9-,11-/m0/s1. The van der Waals surface area contributed by atoms with Crippen LogP contribution in [0, 0.1) is 5.92 Å². The number of hydrogen-bond acceptors (Lipinski definition) is 3. The van der Waals surface area contributed by atoms with Crippen molar-refractivity contribution in [2.75, 3.05) is 13.1 Å². The minimum absolute atomic E-state index is 0.00743. The van der Waals surface area contributed by atoms with Crippen LogP contribution in [0.4, 0.5) is 0 Å². The zero-order valence-corrected chi connectivity index (χ0v) is 9.82. The Labute approximate surface area is 95.3 Å². The van der Waals surface area contributed by atoms with Crippen LogP contribution in [0.1, 0.15) is 26.7 Å². The minimum Gasteiger partial charge on any atom is -0.348 e. The molecule has 0 aromatic carbocycles. The van der Waals surface area contributed by atoms with Gasteiger partial charge in [0.2, 0.25) is 11.8 Å². The van der Waals surface area contributed by atoms with E-state index in [1.165, 1.54) is 0 Å². The summed E-state index contributed by atoms with van der Waals surface area (Å²) in [7, 11) is 0. The quantitative estimate of drug-likeness (QED) is 0.620. The highest BCUT2D eigenvalue weighted by Gasteiger charge is 2.49. The molecule has 2 aliphatic heterocycles. The Morgan fingerprint density at radius 1 is 1.56 bits per heavy atom. The smallest absolute Gasteiger partial charge is 0.239 e. The predicted octanol–water partition coefficient (Wildman–Crippen LogP) is -0.539. The topological polar surface area (TPSA) is 75.4 Å². The first kappa shape index (κ1) is 11.4. The van der Waals surface area contributed by atoms with Crippen LogP contribution in [0.2, 0.25) is 0 Å². The van der Waals surface area contributed by atoms with Crippen molar-refractivity contribution >= 4 is 11.8 Å². The molecule has 16 heavy (non-hydrogen) atoms. The molecule has 2 fully saturated rings. The summed E-state index contributed by atoms with van der Waals surface area (Å²) < 4.78 is 0. The molecule has 0 aromatic rings. The number of rotatable bonds is 2. The van der Waals surface area contributed by atoms with Crippen molar-refractivity contribution in [2.45, 2.75) is 38.3 Å². The average molecular weight is 225 g/mol. The fraction of sp³-hybridized carbons (Fsp3) is 0.818. The fourth-order valence-electron chi connectivity index (χ4n) is 2.39. The van der Waals surface area contributed by atoms with E-state index in [-0.39, 0.29) is 23.3 Å². The lowest BCUT2D eigenvalue weighted by Crippen LogP contribution is -2.62. The first-order valence-corrected chi connectivity index (χ1v) is 5.79. The van der Waals surface area contributed by atoms with E-state index < -0.39 is 6.04 Å². The molecular formula is C11H19N3O2. The lowest BCUT2D eigenvalue weighted by molar-refractivity contribution is -0.136. The third-order valence-electron chi connectivity index (χ3n) is 3.57. The van der Waals surface area contributed by atoms with Gasteiger partial charge in [0, 0.05) is 13.1 Å². The molecule has 0 unspecified atom stereocenters. The summed E-state index contributed by atoms with van der Waals surface area (Å²) in [6.07, 6.45) is 1.41. The molecule has 90 valence electrons. The van der Waals surface area contributed by atoms with Crippen molar-refractivity contribution in [1.29, 1.82) is 0 Å². The van der Waals surface area contributed by atoms with E-state index in [2.05, 4.69) is 5.32 Å². The number of β-lactam (4-membered cyclic amide) rings is 1. The number of amides is 2. The van der Waals surface area contributed by atoms with E-state index in [0.717, 1.165) is 6.42 Å². The van der Waals surface area contributed by atoms with Gasteiger partial charge in [-0.15, -0.1) is 0 Å². The monoisotopic (exact) mass is 225 g/mol. The second kappa shape index (κ2) is 3.73. The molecule has 0 aromatic heterocycles. The van der Waals surface area contributed by atoms with Crippen LogP contribution < -0.4 is 11.1 Å². The number of carbonyl (C=O) groups excluding carboxylic acids is 2. The number of nitrogens with one attached hydrogen (secondary N) is 1. The van der Waals surface area contributed by atoms with Crippen LogP contribution in [0.5, 0.6) is 0 Å². The highest BCUT2D eigenvalue weighted by atomic mass is 16.2. The van der Waals surface area contributed by atoms with Crippen LogP contribution in [0.15, 0.2) is 0 Å². The van der Waals surface area contributed by atoms with E-state index in [9.17, 15) is 9.59 Å². The number of likely N-dealkylation sites (tertiary alicyclic amines) is 1. The molecule has 2 rings (SSSR count). The Bertz CT molecular complexity index is 319. The van der Waals surface area contributed by atoms with Crippen molar-refractivity contribution in [3.8, 4) is 0 Å². The summed E-state index contributed by atoms with van der Waals surface area (Å²) in [5, 5.41) is 2.90. The Balaban J connectivity index is 1.94. The normalized spacial score (nSPS) is 30.5. The van der Waals surface area contributed by atoms with Crippen LogP contribution in [0.25, 0.3) is 0 Å². The van der Waals surface area contributed by atoms with E-state index >= 15 is 0 Å². The summed E-state index contributed by atoms with van der Waals surface area (Å²) in [6.45, 7) is 5.22. The maximum absolute atomic E-state index is 12.0. The maximum Gasteiger partial charge on any atom is 0.239 e. The van der Waals surface area contributed by atoms with Crippen molar-refractivity contribution in [3.05, 3.63) is 0 Å². The number of nitrogens with zero attached hydrogens (tertiary/aromatic N) is 1. The van der Waals surface area contributed by atoms with Crippen LogP contribution >= 0.6 is 0 Å². The zero-order valence-electron chi connectivity index (χ0n) is 9.82. The molecule has 5 nitrogen and oxygen atoms in total. The van der Waals surface area contributed by atoms with Crippen molar-refractivity contribution in [3.63, 3.8) is 0 Å². The molecule has 2 aliphatic rings. The van der Waals surface area contributed by atoms with Crippen molar-refractivity contribution < 1.29 is 9.59 Å². The van der Waals surface area contributed by atoms with Gasteiger partial charge in [-0.05, 0) is 12.3 Å². The predicted molar refractivity (Wildman–Crippen MR) is 59.5 cm³/mol. The molecule has 3 N–H and O–H groups in total. The van der Waals surface area contributed by atoms with E-state index in [1.54, 1.807) is 4.90 Å². The molecular weight excluding hydrogens is 206 g/mol. The minimum atomic E-state index is -0.425. The molecule has 2 heterocycles. The molecule has 2 atom stereocenters. The van der Waals surface area contributed by atoms with E-state index in [0.29, 0.717) is 19.5 Å². The molecule has 2 amide bonds. The van der Waals surface area contributed by atoms with Gasteiger partial charge in [-0.25, -0.2) is 0 Å². The highest BCUT2D eigenvalue weighted by molar-refractivity contribution is 5.87. The third kappa shape index (κ3) is 1.80. The van der Waals surface area contributed by atoms with Crippen LogP contribution in [-0.4, -0.2) is 41.4 Å². The third-order valence-corrected chi connectivity index (χ3v) is 3.57. The van der Waals surface area contributed by atoms with Gasteiger partial charge in [0.1, 0.15) is 0 Å². The Hall–Kier alpha value is -1.10. The van der Waals surface area contributed by atoms with E-state index in [4.69, 9.17) is 5.73 Å². The van der Waals surface area contributed by atoms with Gasteiger partial charge in [0.05, 0.1) is 18.0 Å². The first-order chi connectivity index (χ1) is 7.43. The van der Waals surface area contributed by atoms with Crippen LogP contribution in [-0.2, 0) is 9.59 Å². The number of nitrogens with two attached hydrogens (primary N) is 1. The van der Waals surface area contributed by atoms with Crippen molar-refractivity contribution in [1.82, 2.24) is 10.2 Å². The summed E-state index contributed by atoms with van der Waals surface area (Å²) in [4.78, 5) is 24.7. The lowest BCUT2D eigenvalue weighted by atomic mass is 9.86. The van der Waals surface area contributed by atoms with Gasteiger partial charge in [-0.2, -0.15) is 0 Å². The van der Waals surface area contributed by atoms with Crippen LogP contribution in [0.3, 0.4) is 0 Å². The Morgan fingerprint density at radius 2 is 2.19 bits per heavy atom. The largest absolute Gasteiger partial charge is 0.348 e. The second-order valence-electron chi connectivity index (χ2n) is 5.28. The molecule has 2 saturated heterocycles.